The molecule has 0 aromatic heterocycles. The largest absolute Gasteiger partial charge is 0.493 e. The highest BCUT2D eigenvalue weighted by atomic mass is 16.5. The molecule has 3 rings (SSSR count). The van der Waals surface area contributed by atoms with Gasteiger partial charge >= 0.3 is 0 Å². The van der Waals surface area contributed by atoms with Crippen LogP contribution in [0.25, 0.3) is 6.08 Å². The second kappa shape index (κ2) is 6.12. The number of benzene rings is 2. The third-order valence-electron chi connectivity index (χ3n) is 3.85. The maximum absolute atomic E-state index is 10.5. The first-order valence-corrected chi connectivity index (χ1v) is 7.16. The number of fused-ring (bicyclic) bond motifs is 1. The quantitative estimate of drug-likeness (QED) is 0.909. The maximum atomic E-state index is 10.5. The van der Waals surface area contributed by atoms with Gasteiger partial charge in [0.05, 0.1) is 20.3 Å². The molecule has 0 fully saturated rings. The summed E-state index contributed by atoms with van der Waals surface area (Å²) in [6, 6.07) is 13.3. The monoisotopic (exact) mass is 297 g/mol. The van der Waals surface area contributed by atoms with E-state index in [9.17, 15) is 5.11 Å². The van der Waals surface area contributed by atoms with Crippen molar-refractivity contribution in [2.24, 2.45) is 0 Å². The highest BCUT2D eigenvalue weighted by Crippen LogP contribution is 2.33. The van der Waals surface area contributed by atoms with E-state index in [1.807, 2.05) is 54.6 Å². The van der Waals surface area contributed by atoms with Gasteiger partial charge in [0, 0.05) is 11.8 Å². The summed E-state index contributed by atoms with van der Waals surface area (Å²) in [7, 11) is 3.21. The number of aliphatic hydroxyl groups excluding tert-OH is 1. The molecule has 1 aliphatic rings. The molecule has 0 amide bonds. The lowest BCUT2D eigenvalue weighted by Gasteiger charge is -2.27. The zero-order chi connectivity index (χ0) is 15.5. The number of nitrogens with one attached hydrogen (secondary N) is 1. The number of hydrogen-bond acceptors (Lipinski definition) is 4. The van der Waals surface area contributed by atoms with Crippen molar-refractivity contribution in [3.05, 3.63) is 59.7 Å². The van der Waals surface area contributed by atoms with E-state index in [4.69, 9.17) is 9.47 Å². The van der Waals surface area contributed by atoms with Crippen LogP contribution in [0.2, 0.25) is 0 Å². The second-order valence-electron chi connectivity index (χ2n) is 5.17. The minimum atomic E-state index is -0.589. The Morgan fingerprint density at radius 2 is 1.77 bits per heavy atom. The van der Waals surface area contributed by atoms with E-state index >= 15 is 0 Å². The molecule has 2 N–H and O–H groups in total. The number of methoxy groups -OCH3 is 2. The average Bonchev–Trinajstić information content (AvgIpc) is 2.57. The van der Waals surface area contributed by atoms with Crippen LogP contribution in [0.4, 0.5) is 5.69 Å². The van der Waals surface area contributed by atoms with E-state index in [-0.39, 0.29) is 6.04 Å². The van der Waals surface area contributed by atoms with Crippen LogP contribution in [0.3, 0.4) is 0 Å². The van der Waals surface area contributed by atoms with Crippen molar-refractivity contribution in [3.63, 3.8) is 0 Å². The molecule has 0 bridgehead atoms. The zero-order valence-electron chi connectivity index (χ0n) is 12.6. The SMILES string of the molecule is COc1ccc(N[C@@H]2C=Cc3ccccc3[C@H]2O)cc1OC. The Balaban J connectivity index is 1.83. The first kappa shape index (κ1) is 14.5. The minimum Gasteiger partial charge on any atom is -0.493 e. The number of aliphatic hydroxyl groups is 1. The second-order valence-corrected chi connectivity index (χ2v) is 5.17. The fourth-order valence-corrected chi connectivity index (χ4v) is 2.68. The van der Waals surface area contributed by atoms with Crippen LogP contribution < -0.4 is 14.8 Å². The Bertz CT molecular complexity index is 696. The van der Waals surface area contributed by atoms with Crippen LogP contribution in [0, 0.1) is 0 Å². The van der Waals surface area contributed by atoms with E-state index in [0.29, 0.717) is 11.5 Å². The molecule has 0 aliphatic heterocycles. The Morgan fingerprint density at radius 1 is 1.00 bits per heavy atom. The van der Waals surface area contributed by atoms with Gasteiger partial charge in [-0.05, 0) is 23.3 Å². The lowest BCUT2D eigenvalue weighted by molar-refractivity contribution is 0.168. The predicted molar refractivity (Wildman–Crippen MR) is 87.4 cm³/mol. The molecule has 2 aromatic rings. The molecule has 0 heterocycles. The van der Waals surface area contributed by atoms with Crippen molar-refractivity contribution in [2.45, 2.75) is 12.1 Å². The van der Waals surface area contributed by atoms with Crippen molar-refractivity contribution in [1.82, 2.24) is 0 Å². The fraction of sp³-hybridized carbons (Fsp3) is 0.222. The summed E-state index contributed by atoms with van der Waals surface area (Å²) in [5.74, 6) is 1.33. The fourth-order valence-electron chi connectivity index (χ4n) is 2.68. The molecule has 4 nitrogen and oxygen atoms in total. The van der Waals surface area contributed by atoms with Gasteiger partial charge in [-0.3, -0.25) is 0 Å². The van der Waals surface area contributed by atoms with E-state index in [1.54, 1.807) is 14.2 Å². The Labute approximate surface area is 130 Å². The van der Waals surface area contributed by atoms with E-state index in [0.717, 1.165) is 16.8 Å². The van der Waals surface area contributed by atoms with Crippen LogP contribution in [-0.4, -0.2) is 25.4 Å². The van der Waals surface area contributed by atoms with Crippen molar-refractivity contribution in [2.75, 3.05) is 19.5 Å². The van der Waals surface area contributed by atoms with E-state index in [1.165, 1.54) is 0 Å². The summed E-state index contributed by atoms with van der Waals surface area (Å²) in [6.45, 7) is 0. The summed E-state index contributed by atoms with van der Waals surface area (Å²) >= 11 is 0. The van der Waals surface area contributed by atoms with Crippen LogP contribution in [-0.2, 0) is 0 Å². The van der Waals surface area contributed by atoms with Crippen LogP contribution >= 0.6 is 0 Å². The van der Waals surface area contributed by atoms with Crippen molar-refractivity contribution >= 4 is 11.8 Å². The molecule has 1 aliphatic carbocycles. The molecule has 0 saturated heterocycles. The van der Waals surface area contributed by atoms with Crippen LogP contribution in [0.5, 0.6) is 11.5 Å². The normalized spacial score (nSPS) is 19.4. The molecular formula is C18H19NO3. The molecule has 114 valence electrons. The van der Waals surface area contributed by atoms with Gasteiger partial charge in [0.1, 0.15) is 6.10 Å². The zero-order valence-corrected chi connectivity index (χ0v) is 12.6. The van der Waals surface area contributed by atoms with Crippen molar-refractivity contribution < 1.29 is 14.6 Å². The van der Waals surface area contributed by atoms with Gasteiger partial charge in [0.15, 0.2) is 11.5 Å². The molecule has 22 heavy (non-hydrogen) atoms. The van der Waals surface area contributed by atoms with Gasteiger partial charge in [0.25, 0.3) is 0 Å². The van der Waals surface area contributed by atoms with Crippen LogP contribution in [0.1, 0.15) is 17.2 Å². The lowest BCUT2D eigenvalue weighted by atomic mass is 9.91. The molecule has 0 radical (unpaired) electrons. The predicted octanol–water partition coefficient (Wildman–Crippen LogP) is 3.24. The highest BCUT2D eigenvalue weighted by molar-refractivity contribution is 5.62. The molecular weight excluding hydrogens is 278 g/mol. The van der Waals surface area contributed by atoms with Crippen molar-refractivity contribution in [1.29, 1.82) is 0 Å². The topological polar surface area (TPSA) is 50.7 Å². The minimum absolute atomic E-state index is 0.187. The lowest BCUT2D eigenvalue weighted by Crippen LogP contribution is -2.27. The van der Waals surface area contributed by atoms with Gasteiger partial charge in [0.2, 0.25) is 0 Å². The Hall–Kier alpha value is -2.46. The summed E-state index contributed by atoms with van der Waals surface area (Å²) < 4.78 is 10.5. The first-order chi connectivity index (χ1) is 10.7. The number of hydrogen-bond donors (Lipinski definition) is 2. The Kier molecular flexibility index (Phi) is 4.02. The molecule has 4 heteroatoms. The molecule has 0 saturated carbocycles. The summed E-state index contributed by atoms with van der Waals surface area (Å²) in [5.41, 5.74) is 2.86. The molecule has 2 atom stereocenters. The van der Waals surface area contributed by atoms with Gasteiger partial charge < -0.3 is 19.9 Å². The molecule has 0 spiro atoms. The smallest absolute Gasteiger partial charge is 0.162 e. The number of rotatable bonds is 4. The van der Waals surface area contributed by atoms with Crippen molar-refractivity contribution in [3.8, 4) is 11.5 Å². The third kappa shape index (κ3) is 2.65. The first-order valence-electron chi connectivity index (χ1n) is 7.16. The summed E-state index contributed by atoms with van der Waals surface area (Å²) in [5, 5.41) is 13.9. The third-order valence-corrected chi connectivity index (χ3v) is 3.85. The Morgan fingerprint density at radius 3 is 2.55 bits per heavy atom. The average molecular weight is 297 g/mol. The van der Waals surface area contributed by atoms with Gasteiger partial charge in [-0.15, -0.1) is 0 Å². The van der Waals surface area contributed by atoms with Gasteiger partial charge in [-0.1, -0.05) is 36.4 Å². The number of anilines is 1. The molecule has 0 unspecified atom stereocenters. The highest BCUT2D eigenvalue weighted by Gasteiger charge is 2.24. The van der Waals surface area contributed by atoms with E-state index < -0.39 is 6.10 Å². The summed E-state index contributed by atoms with van der Waals surface area (Å²) in [6.07, 6.45) is 3.42. The van der Waals surface area contributed by atoms with Gasteiger partial charge in [-0.25, -0.2) is 0 Å². The number of ether oxygens (including phenoxy) is 2. The standard InChI is InChI=1S/C18H19NO3/c1-21-16-10-8-13(11-17(16)22-2)19-15-9-7-12-5-3-4-6-14(12)18(15)20/h3-11,15,18-20H,1-2H3/t15-,18-/m1/s1. The summed E-state index contributed by atoms with van der Waals surface area (Å²) in [4.78, 5) is 0. The van der Waals surface area contributed by atoms with Crippen LogP contribution in [0.15, 0.2) is 48.5 Å². The maximum Gasteiger partial charge on any atom is 0.162 e. The van der Waals surface area contributed by atoms with E-state index in [2.05, 4.69) is 5.32 Å². The molecule has 2 aromatic carbocycles. The van der Waals surface area contributed by atoms with Gasteiger partial charge in [-0.2, -0.15) is 0 Å².